The van der Waals surface area contributed by atoms with Crippen LogP contribution in [0, 0.1) is 0 Å². The molecule has 2 unspecified atom stereocenters. The maximum atomic E-state index is 10.2. The first-order valence-corrected chi connectivity index (χ1v) is 6.46. The van der Waals surface area contributed by atoms with Crippen LogP contribution >= 0.6 is 12.6 Å². The van der Waals surface area contributed by atoms with Gasteiger partial charge in [0.2, 0.25) is 0 Å². The van der Waals surface area contributed by atoms with E-state index in [2.05, 4.69) is 17.9 Å². The molecule has 0 fully saturated rings. The molecule has 9 nitrogen and oxygen atoms in total. The monoisotopic (exact) mass is 310 g/mol. The van der Waals surface area contributed by atoms with Gasteiger partial charge < -0.3 is 32.7 Å². The Morgan fingerprint density at radius 1 is 1.05 bits per heavy atom. The molecular weight excluding hydrogens is 288 g/mol. The first-order chi connectivity index (χ1) is 9.22. The van der Waals surface area contributed by atoms with E-state index in [-0.39, 0.29) is 0 Å². The highest BCUT2D eigenvalue weighted by Gasteiger charge is 2.10. The highest BCUT2D eigenvalue weighted by molar-refractivity contribution is 7.80. The number of thiol groups is 1. The van der Waals surface area contributed by atoms with Gasteiger partial charge in [-0.1, -0.05) is 0 Å². The third-order valence-corrected chi connectivity index (χ3v) is 2.32. The minimum Gasteiger partial charge on any atom is -0.480 e. The summed E-state index contributed by atoms with van der Waals surface area (Å²) in [5.41, 5.74) is 15.0. The molecule has 0 rings (SSSR count). The number of nitrogens with two attached hydrogens (primary N) is 3. The van der Waals surface area contributed by atoms with Gasteiger partial charge in [-0.3, -0.25) is 9.59 Å². The van der Waals surface area contributed by atoms with Crippen molar-refractivity contribution in [3.05, 3.63) is 0 Å². The van der Waals surface area contributed by atoms with Crippen molar-refractivity contribution in [2.24, 2.45) is 17.2 Å². The number of rotatable bonds is 8. The summed E-state index contributed by atoms with van der Waals surface area (Å²) in [5, 5.41) is 18.8. The van der Waals surface area contributed by atoms with E-state index in [9.17, 15) is 14.4 Å². The van der Waals surface area contributed by atoms with Crippen LogP contribution in [0.2, 0.25) is 0 Å². The van der Waals surface area contributed by atoms with E-state index in [1.165, 1.54) is 0 Å². The Morgan fingerprint density at radius 2 is 1.50 bits per heavy atom. The first kappa shape index (κ1) is 20.8. The summed E-state index contributed by atoms with van der Waals surface area (Å²) in [6.45, 7) is 0.357. The molecule has 0 spiro atoms. The number of carbonyl (C=O) groups is 3. The summed E-state index contributed by atoms with van der Waals surface area (Å²) < 4.78 is 0. The van der Waals surface area contributed by atoms with Crippen LogP contribution in [0.25, 0.3) is 0 Å². The van der Waals surface area contributed by atoms with Crippen LogP contribution in [-0.4, -0.2) is 52.6 Å². The average Bonchev–Trinajstić information content (AvgIpc) is 2.34. The van der Waals surface area contributed by atoms with E-state index in [1.54, 1.807) is 0 Å². The molecule has 20 heavy (non-hydrogen) atoms. The second kappa shape index (κ2) is 12.5. The quantitative estimate of drug-likeness (QED) is 0.212. The van der Waals surface area contributed by atoms with E-state index in [0.717, 1.165) is 0 Å². The molecule has 0 aliphatic rings. The number of hydrogen-bond donors (Lipinski definition) is 7. The molecule has 0 saturated heterocycles. The maximum absolute atomic E-state index is 10.2. The Balaban J connectivity index is 0. The van der Waals surface area contributed by atoms with Crippen molar-refractivity contribution in [2.45, 2.75) is 31.3 Å². The maximum Gasteiger partial charge on any atom is 0.320 e. The Hall–Kier alpha value is -1.52. The Bertz CT molecular complexity index is 316. The lowest BCUT2D eigenvalue weighted by molar-refractivity contribution is -0.139. The van der Waals surface area contributed by atoms with Crippen molar-refractivity contribution in [3.8, 4) is 0 Å². The number of carboxylic acid groups (broad SMARTS) is 2. The number of carboxylic acids is 2. The number of carbonyl (C=O) groups excluding carboxylic acids is 1. The van der Waals surface area contributed by atoms with Gasteiger partial charge >= 0.3 is 18.0 Å². The second-order valence-electron chi connectivity index (χ2n) is 3.83. The van der Waals surface area contributed by atoms with E-state index in [1.807, 2.05) is 0 Å². The van der Waals surface area contributed by atoms with E-state index in [4.69, 9.17) is 27.4 Å². The van der Waals surface area contributed by atoms with Gasteiger partial charge in [0, 0.05) is 6.54 Å². The number of urea groups is 1. The number of hydrogen-bond acceptors (Lipinski definition) is 6. The summed E-state index contributed by atoms with van der Waals surface area (Å²) >= 11 is 3.81. The molecule has 0 aromatic heterocycles. The first-order valence-electron chi connectivity index (χ1n) is 5.83. The van der Waals surface area contributed by atoms with E-state index < -0.39 is 30.1 Å². The molecule has 0 aliphatic heterocycles. The predicted octanol–water partition coefficient (Wildman–Crippen LogP) is -1.43. The van der Waals surface area contributed by atoms with Crippen LogP contribution in [0.5, 0.6) is 0 Å². The summed E-state index contributed by atoms with van der Waals surface area (Å²) in [6, 6.07) is -2.22. The molecule has 0 radical (unpaired) electrons. The standard InChI is InChI=1S/C6H13N3O3.C4H9NO2S/c7-4(5(10)11)2-1-3-9-6(8)12;5-3(1-2-8)4(6)7/h4H,1-3,7H2,(H,10,11)(H3,8,9,12);3,8H,1-2,5H2,(H,6,7). The Morgan fingerprint density at radius 3 is 1.80 bits per heavy atom. The lowest BCUT2D eigenvalue weighted by Gasteiger charge is -2.05. The molecule has 0 saturated carbocycles. The van der Waals surface area contributed by atoms with Crippen molar-refractivity contribution < 1.29 is 24.6 Å². The zero-order chi connectivity index (χ0) is 16.1. The highest BCUT2D eigenvalue weighted by Crippen LogP contribution is 1.92. The second-order valence-corrected chi connectivity index (χ2v) is 4.28. The number of amides is 2. The van der Waals surface area contributed by atoms with Gasteiger partial charge in [-0.25, -0.2) is 4.79 Å². The minimum absolute atomic E-state index is 0.329. The zero-order valence-corrected chi connectivity index (χ0v) is 11.9. The van der Waals surface area contributed by atoms with Gasteiger partial charge in [0.15, 0.2) is 0 Å². The van der Waals surface area contributed by atoms with Gasteiger partial charge in [-0.15, -0.1) is 0 Å². The van der Waals surface area contributed by atoms with Crippen molar-refractivity contribution >= 4 is 30.6 Å². The molecule has 10 heteroatoms. The van der Waals surface area contributed by atoms with Crippen molar-refractivity contribution in [2.75, 3.05) is 12.3 Å². The fraction of sp³-hybridized carbons (Fsp3) is 0.700. The van der Waals surface area contributed by atoms with Crippen LogP contribution in [0.1, 0.15) is 19.3 Å². The third kappa shape index (κ3) is 14.5. The molecule has 2 atom stereocenters. The molecular formula is C10H22N4O5S. The van der Waals surface area contributed by atoms with Crippen LogP contribution in [0.15, 0.2) is 0 Å². The lowest BCUT2D eigenvalue weighted by atomic mass is 10.2. The van der Waals surface area contributed by atoms with Crippen molar-refractivity contribution in [1.29, 1.82) is 0 Å². The highest BCUT2D eigenvalue weighted by atomic mass is 32.1. The number of nitrogens with one attached hydrogen (secondary N) is 1. The van der Waals surface area contributed by atoms with Crippen LogP contribution < -0.4 is 22.5 Å². The lowest BCUT2D eigenvalue weighted by Crippen LogP contribution is -2.33. The Labute approximate surface area is 122 Å². The fourth-order valence-electron chi connectivity index (χ4n) is 0.920. The summed E-state index contributed by atoms with van der Waals surface area (Å²) in [6.07, 6.45) is 1.27. The summed E-state index contributed by atoms with van der Waals surface area (Å²) in [4.78, 5) is 30.3. The Kier molecular flexibility index (Phi) is 13.0. The normalized spacial score (nSPS) is 12.6. The smallest absolute Gasteiger partial charge is 0.320 e. The predicted molar refractivity (Wildman–Crippen MR) is 76.5 cm³/mol. The molecule has 0 bridgehead atoms. The SMILES string of the molecule is NC(=O)NCCCC(N)C(=O)O.NC(CCS)C(=O)O. The molecule has 0 aromatic rings. The third-order valence-electron chi connectivity index (χ3n) is 2.07. The molecule has 118 valence electrons. The van der Waals surface area contributed by atoms with E-state index >= 15 is 0 Å². The fourth-order valence-corrected chi connectivity index (χ4v) is 1.20. The molecule has 0 heterocycles. The molecule has 0 aliphatic carbocycles. The van der Waals surface area contributed by atoms with Gasteiger partial charge in [0.25, 0.3) is 0 Å². The summed E-state index contributed by atoms with van der Waals surface area (Å²) in [7, 11) is 0. The van der Waals surface area contributed by atoms with Crippen molar-refractivity contribution in [3.63, 3.8) is 0 Å². The number of primary amides is 1. The van der Waals surface area contributed by atoms with Gasteiger partial charge in [-0.05, 0) is 25.0 Å². The largest absolute Gasteiger partial charge is 0.480 e. The topological polar surface area (TPSA) is 182 Å². The molecule has 2 amide bonds. The summed E-state index contributed by atoms with van der Waals surface area (Å²) in [5.74, 6) is -1.47. The van der Waals surface area contributed by atoms with E-state index in [0.29, 0.717) is 31.6 Å². The zero-order valence-electron chi connectivity index (χ0n) is 11.0. The molecule has 0 aromatic carbocycles. The van der Waals surface area contributed by atoms with Gasteiger partial charge in [0.05, 0.1) is 0 Å². The van der Waals surface area contributed by atoms with Gasteiger partial charge in [-0.2, -0.15) is 12.6 Å². The van der Waals surface area contributed by atoms with Gasteiger partial charge in [0.1, 0.15) is 12.1 Å². The van der Waals surface area contributed by atoms with Crippen LogP contribution in [0.4, 0.5) is 4.79 Å². The minimum atomic E-state index is -1.03. The molecule has 9 N–H and O–H groups in total. The van der Waals surface area contributed by atoms with Crippen LogP contribution in [-0.2, 0) is 9.59 Å². The van der Waals surface area contributed by atoms with Crippen LogP contribution in [0.3, 0.4) is 0 Å². The van der Waals surface area contributed by atoms with Crippen molar-refractivity contribution in [1.82, 2.24) is 5.32 Å². The number of aliphatic carboxylic acids is 2. The average molecular weight is 310 g/mol.